The number of rotatable bonds is 4. The van der Waals surface area contributed by atoms with E-state index in [9.17, 15) is 9.59 Å². The van der Waals surface area contributed by atoms with Crippen molar-refractivity contribution in [1.82, 2.24) is 5.32 Å². The quantitative estimate of drug-likeness (QED) is 0.537. The Bertz CT molecular complexity index is 1160. The topological polar surface area (TPSA) is 88.7 Å². The molecule has 0 unspecified atom stereocenters. The first-order chi connectivity index (χ1) is 15.0. The number of fused-ring (bicyclic) bond motifs is 1. The highest BCUT2D eigenvalue weighted by atomic mass is 32.1. The summed E-state index contributed by atoms with van der Waals surface area (Å²) >= 11 is 5.25. The highest BCUT2D eigenvalue weighted by molar-refractivity contribution is 7.80. The van der Waals surface area contributed by atoms with Gasteiger partial charge in [0.25, 0.3) is 11.8 Å². The van der Waals surface area contributed by atoms with Gasteiger partial charge in [0.05, 0.1) is 0 Å². The van der Waals surface area contributed by atoms with E-state index >= 15 is 0 Å². The third-order valence-corrected chi connectivity index (χ3v) is 4.83. The smallest absolute Gasteiger partial charge is 0.257 e. The van der Waals surface area contributed by atoms with Crippen LogP contribution in [0.25, 0.3) is 0 Å². The molecule has 3 N–H and O–H groups in total. The van der Waals surface area contributed by atoms with Crippen LogP contribution in [0.2, 0.25) is 0 Å². The minimum Gasteiger partial charge on any atom is -0.454 e. The second-order valence-electron chi connectivity index (χ2n) is 6.83. The largest absolute Gasteiger partial charge is 0.454 e. The van der Waals surface area contributed by atoms with Gasteiger partial charge in [0, 0.05) is 22.5 Å². The summed E-state index contributed by atoms with van der Waals surface area (Å²) in [6.45, 7) is 2.02. The van der Waals surface area contributed by atoms with Crippen molar-refractivity contribution in [2.24, 2.45) is 0 Å². The number of ether oxygens (including phenoxy) is 2. The van der Waals surface area contributed by atoms with Crippen molar-refractivity contribution >= 4 is 40.5 Å². The van der Waals surface area contributed by atoms with Crippen molar-refractivity contribution in [3.63, 3.8) is 0 Å². The van der Waals surface area contributed by atoms with Gasteiger partial charge in [-0.25, -0.2) is 0 Å². The van der Waals surface area contributed by atoms with Crippen LogP contribution in [0.4, 0.5) is 11.4 Å². The fraction of sp³-hybridized carbons (Fsp3) is 0.0870. The van der Waals surface area contributed by atoms with E-state index in [-0.39, 0.29) is 23.7 Å². The number of nitrogens with one attached hydrogen (secondary N) is 3. The maximum Gasteiger partial charge on any atom is 0.257 e. The summed E-state index contributed by atoms with van der Waals surface area (Å²) in [5.41, 5.74) is 3.21. The SMILES string of the molecule is Cc1cc(NC(=S)NC(=O)c2ccc3c(c2)OCO3)ccc1NC(=O)c1ccccc1. The van der Waals surface area contributed by atoms with E-state index in [0.29, 0.717) is 34.0 Å². The first-order valence-electron chi connectivity index (χ1n) is 9.48. The molecule has 1 aliphatic rings. The number of amides is 2. The molecule has 31 heavy (non-hydrogen) atoms. The zero-order valence-electron chi connectivity index (χ0n) is 16.6. The molecule has 0 spiro atoms. The molecular weight excluding hydrogens is 414 g/mol. The molecule has 3 aromatic rings. The molecule has 0 atom stereocenters. The highest BCUT2D eigenvalue weighted by Gasteiger charge is 2.17. The van der Waals surface area contributed by atoms with Gasteiger partial charge >= 0.3 is 0 Å². The van der Waals surface area contributed by atoms with E-state index < -0.39 is 0 Å². The van der Waals surface area contributed by atoms with Crippen molar-refractivity contribution in [3.8, 4) is 11.5 Å². The van der Waals surface area contributed by atoms with Crippen LogP contribution in [-0.4, -0.2) is 23.7 Å². The van der Waals surface area contributed by atoms with Crippen LogP contribution >= 0.6 is 12.2 Å². The molecular formula is C23H19N3O4S. The van der Waals surface area contributed by atoms with Gasteiger partial charge < -0.3 is 20.1 Å². The average Bonchev–Trinajstić information content (AvgIpc) is 3.24. The third-order valence-electron chi connectivity index (χ3n) is 4.63. The summed E-state index contributed by atoms with van der Waals surface area (Å²) in [6, 6.07) is 19.3. The van der Waals surface area contributed by atoms with E-state index in [1.807, 2.05) is 31.2 Å². The standard InChI is InChI=1S/C23H19N3O4S/c1-14-11-17(8-9-18(14)25-21(27)15-5-3-2-4-6-15)24-23(31)26-22(28)16-7-10-19-20(12-16)30-13-29-19/h2-12H,13H2,1H3,(H,25,27)(H2,24,26,28,31). The molecule has 2 amide bonds. The van der Waals surface area contributed by atoms with Gasteiger partial charge in [0.15, 0.2) is 16.6 Å². The first kappa shape index (κ1) is 20.4. The van der Waals surface area contributed by atoms with Crippen LogP contribution in [-0.2, 0) is 0 Å². The Kier molecular flexibility index (Phi) is 5.81. The molecule has 7 nitrogen and oxygen atoms in total. The van der Waals surface area contributed by atoms with Crippen molar-refractivity contribution in [2.75, 3.05) is 17.4 Å². The molecule has 0 aliphatic carbocycles. The number of carbonyl (C=O) groups is 2. The van der Waals surface area contributed by atoms with E-state index in [1.54, 1.807) is 42.5 Å². The molecule has 0 aromatic heterocycles. The lowest BCUT2D eigenvalue weighted by Gasteiger charge is -2.13. The third kappa shape index (κ3) is 4.81. The molecule has 1 aliphatic heterocycles. The molecule has 0 saturated heterocycles. The monoisotopic (exact) mass is 433 g/mol. The van der Waals surface area contributed by atoms with Gasteiger partial charge in [-0.05, 0) is 73.2 Å². The fourth-order valence-corrected chi connectivity index (χ4v) is 3.25. The van der Waals surface area contributed by atoms with Crippen LogP contribution in [0, 0.1) is 6.92 Å². The highest BCUT2D eigenvalue weighted by Crippen LogP contribution is 2.32. The Balaban J connectivity index is 1.36. The Morgan fingerprint density at radius 3 is 2.39 bits per heavy atom. The van der Waals surface area contributed by atoms with Gasteiger partial charge in [-0.3, -0.25) is 14.9 Å². The first-order valence-corrected chi connectivity index (χ1v) is 9.89. The normalized spacial score (nSPS) is 11.5. The number of thiocarbonyl (C=S) groups is 1. The number of hydrogen-bond donors (Lipinski definition) is 3. The summed E-state index contributed by atoms with van der Waals surface area (Å²) in [6.07, 6.45) is 0. The summed E-state index contributed by atoms with van der Waals surface area (Å²) in [5, 5.41) is 8.66. The molecule has 0 bridgehead atoms. The van der Waals surface area contributed by atoms with Gasteiger partial charge in [0.1, 0.15) is 0 Å². The van der Waals surface area contributed by atoms with Crippen LogP contribution in [0.5, 0.6) is 11.5 Å². The molecule has 0 fully saturated rings. The van der Waals surface area contributed by atoms with Crippen molar-refractivity contribution < 1.29 is 19.1 Å². The van der Waals surface area contributed by atoms with E-state index in [4.69, 9.17) is 21.7 Å². The fourth-order valence-electron chi connectivity index (χ4n) is 3.04. The predicted octanol–water partition coefficient (Wildman–Crippen LogP) is 4.10. The average molecular weight is 433 g/mol. The predicted molar refractivity (Wildman–Crippen MR) is 122 cm³/mol. The summed E-state index contributed by atoms with van der Waals surface area (Å²) < 4.78 is 10.5. The lowest BCUT2D eigenvalue weighted by molar-refractivity contribution is 0.0976. The molecule has 8 heteroatoms. The Morgan fingerprint density at radius 2 is 1.61 bits per heavy atom. The zero-order valence-corrected chi connectivity index (χ0v) is 17.4. The summed E-state index contributed by atoms with van der Waals surface area (Å²) in [5.74, 6) is 0.581. The van der Waals surface area contributed by atoms with E-state index in [0.717, 1.165) is 5.56 Å². The minimum atomic E-state index is -0.362. The maximum atomic E-state index is 12.4. The Hall–Kier alpha value is -3.91. The van der Waals surface area contributed by atoms with E-state index in [2.05, 4.69) is 16.0 Å². The number of aryl methyl sites for hydroxylation is 1. The molecule has 3 aromatic carbocycles. The number of anilines is 2. The zero-order chi connectivity index (χ0) is 21.8. The Morgan fingerprint density at radius 1 is 0.839 bits per heavy atom. The van der Waals surface area contributed by atoms with E-state index in [1.165, 1.54) is 0 Å². The molecule has 4 rings (SSSR count). The van der Waals surface area contributed by atoms with Crippen molar-refractivity contribution in [2.45, 2.75) is 6.92 Å². The van der Waals surface area contributed by atoms with Gasteiger partial charge in [-0.1, -0.05) is 18.2 Å². The second-order valence-corrected chi connectivity index (χ2v) is 7.23. The maximum absolute atomic E-state index is 12.4. The molecule has 0 radical (unpaired) electrons. The van der Waals surface area contributed by atoms with Gasteiger partial charge in [0.2, 0.25) is 6.79 Å². The van der Waals surface area contributed by atoms with Crippen LogP contribution in [0.1, 0.15) is 26.3 Å². The lowest BCUT2D eigenvalue weighted by Crippen LogP contribution is -2.34. The number of carbonyl (C=O) groups excluding carboxylic acids is 2. The molecule has 1 heterocycles. The van der Waals surface area contributed by atoms with Crippen LogP contribution in [0.3, 0.4) is 0 Å². The summed E-state index contributed by atoms with van der Waals surface area (Å²) in [4.78, 5) is 24.8. The minimum absolute atomic E-state index is 0.140. The van der Waals surface area contributed by atoms with Crippen LogP contribution in [0.15, 0.2) is 66.7 Å². The van der Waals surface area contributed by atoms with Gasteiger partial charge in [-0.15, -0.1) is 0 Å². The molecule has 0 saturated carbocycles. The van der Waals surface area contributed by atoms with Crippen LogP contribution < -0.4 is 25.4 Å². The van der Waals surface area contributed by atoms with Crippen molar-refractivity contribution in [3.05, 3.63) is 83.4 Å². The Labute approximate surface area is 184 Å². The summed E-state index contributed by atoms with van der Waals surface area (Å²) in [7, 11) is 0. The lowest BCUT2D eigenvalue weighted by atomic mass is 10.1. The molecule has 156 valence electrons. The number of benzene rings is 3. The number of hydrogen-bond acceptors (Lipinski definition) is 5. The van der Waals surface area contributed by atoms with Crippen molar-refractivity contribution in [1.29, 1.82) is 0 Å². The second kappa shape index (κ2) is 8.85. The van der Waals surface area contributed by atoms with Gasteiger partial charge in [-0.2, -0.15) is 0 Å².